The second-order valence-corrected chi connectivity index (χ2v) is 9.64. The zero-order valence-corrected chi connectivity index (χ0v) is 20.4. The Bertz CT molecular complexity index is 1280. The lowest BCUT2D eigenvalue weighted by atomic mass is 10.1. The van der Waals surface area contributed by atoms with Crippen LogP contribution in [0.4, 0.5) is 5.13 Å². The Hall–Kier alpha value is -2.78. The van der Waals surface area contributed by atoms with Gasteiger partial charge >= 0.3 is 0 Å². The molecule has 0 spiro atoms. The third-order valence-electron chi connectivity index (χ3n) is 5.96. The van der Waals surface area contributed by atoms with E-state index in [1.165, 1.54) is 11.3 Å². The molecule has 2 aromatic carbocycles. The average Bonchev–Trinajstić information content (AvgIpc) is 3.53. The smallest absolute Gasteiger partial charge is 0.282 e. The molecule has 0 atom stereocenters. The van der Waals surface area contributed by atoms with Crippen LogP contribution in [0, 0.1) is 6.92 Å². The molecule has 1 fully saturated rings. The number of fused-ring (bicyclic) bond motifs is 1. The molecule has 1 aliphatic heterocycles. The standard InChI is InChI=1S/C25H25ClN4O3S/c1-17-19(26)8-9-22-23(17)27-25(34-22)30(11-5-10-29-12-14-32-15-13-29)24(31)20-16-21(33-28-20)18-6-3-2-4-7-18/h2-4,6-9,16H,5,10-15H2,1H3. The zero-order valence-electron chi connectivity index (χ0n) is 18.9. The summed E-state index contributed by atoms with van der Waals surface area (Å²) in [5, 5.41) is 5.39. The fourth-order valence-corrected chi connectivity index (χ4v) is 5.22. The number of anilines is 1. The van der Waals surface area contributed by atoms with Crippen molar-refractivity contribution in [3.63, 3.8) is 0 Å². The second kappa shape index (κ2) is 10.2. The van der Waals surface area contributed by atoms with E-state index in [0.29, 0.717) is 22.5 Å². The van der Waals surface area contributed by atoms with E-state index < -0.39 is 0 Å². The first kappa shape index (κ1) is 23.0. The van der Waals surface area contributed by atoms with Crippen molar-refractivity contribution in [1.82, 2.24) is 15.0 Å². The largest absolute Gasteiger partial charge is 0.379 e. The second-order valence-electron chi connectivity index (χ2n) is 8.22. The summed E-state index contributed by atoms with van der Waals surface area (Å²) in [7, 11) is 0. The summed E-state index contributed by atoms with van der Waals surface area (Å²) < 4.78 is 11.9. The van der Waals surface area contributed by atoms with Crippen LogP contribution in [0.25, 0.3) is 21.5 Å². The van der Waals surface area contributed by atoms with Crippen molar-refractivity contribution < 1.29 is 14.1 Å². The fourth-order valence-electron chi connectivity index (χ4n) is 4.02. The van der Waals surface area contributed by atoms with E-state index in [4.69, 9.17) is 25.8 Å². The molecule has 4 aromatic rings. The minimum absolute atomic E-state index is 0.226. The number of hydrogen-bond acceptors (Lipinski definition) is 7. The summed E-state index contributed by atoms with van der Waals surface area (Å²) in [6.45, 7) is 6.69. The van der Waals surface area contributed by atoms with Gasteiger partial charge in [0.2, 0.25) is 0 Å². The van der Waals surface area contributed by atoms with Gasteiger partial charge < -0.3 is 9.26 Å². The Balaban J connectivity index is 1.42. The Kier molecular flexibility index (Phi) is 6.92. The molecule has 176 valence electrons. The maximum absolute atomic E-state index is 13.6. The van der Waals surface area contributed by atoms with Crippen molar-refractivity contribution in [3.8, 4) is 11.3 Å². The lowest BCUT2D eigenvalue weighted by molar-refractivity contribution is 0.0376. The van der Waals surface area contributed by atoms with Crippen molar-refractivity contribution in [2.24, 2.45) is 0 Å². The van der Waals surface area contributed by atoms with Crippen LogP contribution in [0.1, 0.15) is 22.5 Å². The van der Waals surface area contributed by atoms with Crippen LogP contribution >= 0.6 is 22.9 Å². The topological polar surface area (TPSA) is 71.7 Å². The van der Waals surface area contributed by atoms with Gasteiger partial charge in [0.05, 0.1) is 23.4 Å². The van der Waals surface area contributed by atoms with Gasteiger partial charge in [0.15, 0.2) is 16.6 Å². The van der Waals surface area contributed by atoms with Crippen LogP contribution in [-0.2, 0) is 4.74 Å². The molecule has 5 rings (SSSR count). The predicted molar refractivity (Wildman–Crippen MR) is 135 cm³/mol. The molecule has 1 aliphatic rings. The monoisotopic (exact) mass is 496 g/mol. The Labute approximate surface area is 206 Å². The summed E-state index contributed by atoms with van der Waals surface area (Å²) in [6, 6.07) is 15.1. The number of amides is 1. The minimum Gasteiger partial charge on any atom is -0.379 e. The van der Waals surface area contributed by atoms with Crippen molar-refractivity contribution in [1.29, 1.82) is 0 Å². The fraction of sp³-hybridized carbons (Fsp3) is 0.320. The molecule has 7 nitrogen and oxygen atoms in total. The SMILES string of the molecule is Cc1c(Cl)ccc2sc(N(CCCN3CCOCC3)C(=O)c3cc(-c4ccccc4)on3)nc12. The number of carbonyl (C=O) groups excluding carboxylic acids is 1. The van der Waals surface area contributed by atoms with Crippen molar-refractivity contribution in [3.05, 3.63) is 64.8 Å². The van der Waals surface area contributed by atoms with E-state index in [-0.39, 0.29) is 11.6 Å². The highest BCUT2D eigenvalue weighted by Gasteiger charge is 2.25. The molecule has 0 unspecified atom stereocenters. The van der Waals surface area contributed by atoms with Crippen molar-refractivity contribution >= 4 is 44.2 Å². The summed E-state index contributed by atoms with van der Waals surface area (Å²) in [5.41, 5.74) is 2.87. The molecular formula is C25H25ClN4O3S. The number of rotatable bonds is 7. The molecule has 0 aliphatic carbocycles. The summed E-state index contributed by atoms with van der Waals surface area (Å²) in [4.78, 5) is 22.5. The summed E-state index contributed by atoms with van der Waals surface area (Å²) in [6.07, 6.45) is 0.810. The maximum atomic E-state index is 13.6. The molecule has 0 saturated carbocycles. The van der Waals surface area contributed by atoms with Gasteiger partial charge in [-0.1, -0.05) is 58.4 Å². The molecule has 0 bridgehead atoms. The predicted octanol–water partition coefficient (Wildman–Crippen LogP) is 5.28. The molecule has 9 heteroatoms. The number of aromatic nitrogens is 2. The van der Waals surface area contributed by atoms with Gasteiger partial charge in [0.25, 0.3) is 5.91 Å². The Morgan fingerprint density at radius 2 is 1.97 bits per heavy atom. The highest BCUT2D eigenvalue weighted by atomic mass is 35.5. The van der Waals surface area contributed by atoms with E-state index in [0.717, 1.165) is 60.6 Å². The number of aryl methyl sites for hydroxylation is 1. The van der Waals surface area contributed by atoms with E-state index in [1.807, 2.05) is 49.4 Å². The van der Waals surface area contributed by atoms with Crippen molar-refractivity contribution in [2.75, 3.05) is 44.3 Å². The lowest BCUT2D eigenvalue weighted by Crippen LogP contribution is -2.39. The minimum atomic E-state index is -0.226. The number of nitrogens with zero attached hydrogens (tertiary/aromatic N) is 4. The number of benzene rings is 2. The van der Waals surface area contributed by atoms with E-state index in [1.54, 1.807) is 11.0 Å². The first-order valence-corrected chi connectivity index (χ1v) is 12.5. The molecular weight excluding hydrogens is 472 g/mol. The number of thiazole rings is 1. The molecule has 0 N–H and O–H groups in total. The van der Waals surface area contributed by atoms with E-state index in [2.05, 4.69) is 10.1 Å². The van der Waals surface area contributed by atoms with Crippen LogP contribution in [-0.4, -0.2) is 60.3 Å². The molecule has 3 heterocycles. The van der Waals surface area contributed by atoms with Crippen molar-refractivity contribution in [2.45, 2.75) is 13.3 Å². The van der Waals surface area contributed by atoms with E-state index in [9.17, 15) is 4.79 Å². The number of hydrogen-bond donors (Lipinski definition) is 0. The summed E-state index contributed by atoms with van der Waals surface area (Å²) >= 11 is 7.80. The first-order valence-electron chi connectivity index (χ1n) is 11.3. The normalized spacial score (nSPS) is 14.5. The van der Waals surface area contributed by atoms with Gasteiger partial charge in [-0.25, -0.2) is 4.98 Å². The summed E-state index contributed by atoms with van der Waals surface area (Å²) in [5.74, 6) is 0.333. The lowest BCUT2D eigenvalue weighted by Gasteiger charge is -2.27. The van der Waals surface area contributed by atoms with Crippen LogP contribution in [0.15, 0.2) is 53.1 Å². The molecule has 1 amide bonds. The number of carbonyl (C=O) groups is 1. The zero-order chi connectivity index (χ0) is 23.5. The maximum Gasteiger partial charge on any atom is 0.282 e. The molecule has 2 aromatic heterocycles. The molecule has 34 heavy (non-hydrogen) atoms. The van der Waals surface area contributed by atoms with Crippen LogP contribution < -0.4 is 4.90 Å². The number of morpholine rings is 1. The Morgan fingerprint density at radius 1 is 1.18 bits per heavy atom. The Morgan fingerprint density at radius 3 is 2.76 bits per heavy atom. The number of ether oxygens (including phenoxy) is 1. The third kappa shape index (κ3) is 4.86. The van der Waals surface area contributed by atoms with Gasteiger partial charge in [-0.15, -0.1) is 0 Å². The van der Waals surface area contributed by atoms with E-state index >= 15 is 0 Å². The number of halogens is 1. The highest BCUT2D eigenvalue weighted by molar-refractivity contribution is 7.22. The van der Waals surface area contributed by atoms with Gasteiger partial charge in [-0.2, -0.15) is 0 Å². The van der Waals surface area contributed by atoms with Crippen LogP contribution in [0.5, 0.6) is 0 Å². The van der Waals surface area contributed by atoms with Crippen LogP contribution in [0.2, 0.25) is 5.02 Å². The van der Waals surface area contributed by atoms with Gasteiger partial charge in [-0.3, -0.25) is 14.6 Å². The van der Waals surface area contributed by atoms with Gasteiger partial charge in [-0.05, 0) is 31.0 Å². The molecule has 1 saturated heterocycles. The third-order valence-corrected chi connectivity index (χ3v) is 7.41. The molecule has 0 radical (unpaired) electrons. The first-order chi connectivity index (χ1) is 16.6. The quantitative estimate of drug-likeness (QED) is 0.346. The van der Waals surface area contributed by atoms with Crippen LogP contribution in [0.3, 0.4) is 0 Å². The average molecular weight is 497 g/mol. The highest BCUT2D eigenvalue weighted by Crippen LogP contribution is 2.34. The van der Waals surface area contributed by atoms with Gasteiger partial charge in [0, 0.05) is 42.8 Å². The van der Waals surface area contributed by atoms with Gasteiger partial charge in [0.1, 0.15) is 0 Å².